The molecule has 0 spiro atoms. The number of hydrogen-bond donors (Lipinski definition) is 1. The first kappa shape index (κ1) is 14.7. The van der Waals surface area contributed by atoms with E-state index in [-0.39, 0.29) is 11.9 Å². The topological polar surface area (TPSA) is 46.9 Å². The Bertz CT molecular complexity index is 358. The lowest BCUT2D eigenvalue weighted by Gasteiger charge is -2.11. The molecule has 0 atom stereocenters. The monoisotopic (exact) mass is 251 g/mol. The highest BCUT2D eigenvalue weighted by atomic mass is 16.1. The van der Waals surface area contributed by atoms with Gasteiger partial charge < -0.3 is 5.32 Å². The van der Waals surface area contributed by atoms with Gasteiger partial charge in [-0.1, -0.05) is 32.6 Å². The van der Waals surface area contributed by atoms with Crippen molar-refractivity contribution in [3.63, 3.8) is 0 Å². The van der Waals surface area contributed by atoms with Crippen LogP contribution in [0.3, 0.4) is 0 Å². The van der Waals surface area contributed by atoms with Gasteiger partial charge in [0.2, 0.25) is 5.91 Å². The fourth-order valence-electron chi connectivity index (χ4n) is 1.92. The van der Waals surface area contributed by atoms with Gasteiger partial charge in [0.25, 0.3) is 0 Å². The molecular formula is C14H25N3O. The lowest BCUT2D eigenvalue weighted by molar-refractivity contribution is -0.116. The molecule has 1 heterocycles. The number of carbonyl (C=O) groups is 1. The Kier molecular flexibility index (Phi) is 6.47. The summed E-state index contributed by atoms with van der Waals surface area (Å²) in [5.74, 6) is 0.887. The second-order valence-corrected chi connectivity index (χ2v) is 4.97. The van der Waals surface area contributed by atoms with Crippen molar-refractivity contribution in [1.29, 1.82) is 0 Å². The van der Waals surface area contributed by atoms with Crippen molar-refractivity contribution in [1.82, 2.24) is 9.78 Å². The van der Waals surface area contributed by atoms with Gasteiger partial charge in [0.1, 0.15) is 5.82 Å². The van der Waals surface area contributed by atoms with Crippen molar-refractivity contribution < 1.29 is 4.79 Å². The van der Waals surface area contributed by atoms with E-state index in [0.29, 0.717) is 6.42 Å². The molecule has 0 unspecified atom stereocenters. The minimum atomic E-state index is 0.0916. The van der Waals surface area contributed by atoms with Crippen molar-refractivity contribution in [2.75, 3.05) is 5.32 Å². The molecule has 0 radical (unpaired) electrons. The third-order valence-corrected chi connectivity index (χ3v) is 2.93. The van der Waals surface area contributed by atoms with Crippen LogP contribution in [0.4, 0.5) is 5.82 Å². The van der Waals surface area contributed by atoms with Crippen LogP contribution in [0.25, 0.3) is 0 Å². The normalized spacial score (nSPS) is 10.9. The van der Waals surface area contributed by atoms with Crippen LogP contribution in [-0.4, -0.2) is 15.7 Å². The van der Waals surface area contributed by atoms with E-state index < -0.39 is 0 Å². The molecule has 0 bridgehead atoms. The highest BCUT2D eigenvalue weighted by Gasteiger charge is 2.08. The average Bonchev–Trinajstić information content (AvgIpc) is 2.77. The second kappa shape index (κ2) is 7.90. The molecule has 1 aromatic heterocycles. The summed E-state index contributed by atoms with van der Waals surface area (Å²) in [5, 5.41) is 7.12. The third-order valence-electron chi connectivity index (χ3n) is 2.93. The maximum atomic E-state index is 11.8. The molecule has 0 saturated carbocycles. The van der Waals surface area contributed by atoms with E-state index in [9.17, 15) is 4.79 Å². The van der Waals surface area contributed by atoms with Crippen molar-refractivity contribution in [3.8, 4) is 0 Å². The van der Waals surface area contributed by atoms with Crippen LogP contribution in [0.15, 0.2) is 12.3 Å². The van der Waals surface area contributed by atoms with Crippen LogP contribution in [0, 0.1) is 0 Å². The molecule has 4 heteroatoms. The van der Waals surface area contributed by atoms with Gasteiger partial charge in [0, 0.05) is 18.5 Å². The molecule has 0 saturated heterocycles. The zero-order valence-electron chi connectivity index (χ0n) is 11.8. The lowest BCUT2D eigenvalue weighted by atomic mass is 10.1. The molecule has 102 valence electrons. The zero-order chi connectivity index (χ0) is 13.4. The maximum Gasteiger partial charge on any atom is 0.225 e. The molecule has 1 aromatic rings. The van der Waals surface area contributed by atoms with E-state index in [2.05, 4.69) is 17.3 Å². The van der Waals surface area contributed by atoms with Crippen LogP contribution in [0.2, 0.25) is 0 Å². The van der Waals surface area contributed by atoms with Gasteiger partial charge in [-0.25, -0.2) is 4.68 Å². The first-order valence-electron chi connectivity index (χ1n) is 6.98. The number of anilines is 1. The van der Waals surface area contributed by atoms with Crippen molar-refractivity contribution in [2.24, 2.45) is 0 Å². The van der Waals surface area contributed by atoms with Crippen LogP contribution in [0.5, 0.6) is 0 Å². The fraction of sp³-hybridized carbons (Fsp3) is 0.714. The standard InChI is InChI=1S/C14H25N3O/c1-4-5-6-7-8-9-14(18)16-13-10-11-15-17(13)12(2)3/h10-12H,4-9H2,1-3H3,(H,16,18). The SMILES string of the molecule is CCCCCCCC(=O)Nc1ccnn1C(C)C. The average molecular weight is 251 g/mol. The smallest absolute Gasteiger partial charge is 0.225 e. The number of carbonyl (C=O) groups excluding carboxylic acids is 1. The summed E-state index contributed by atoms with van der Waals surface area (Å²) in [6, 6.07) is 2.11. The number of amides is 1. The van der Waals surface area contributed by atoms with E-state index >= 15 is 0 Å². The van der Waals surface area contributed by atoms with Gasteiger partial charge in [-0.05, 0) is 20.3 Å². The van der Waals surface area contributed by atoms with Crippen LogP contribution >= 0.6 is 0 Å². The van der Waals surface area contributed by atoms with Crippen molar-refractivity contribution in [2.45, 2.75) is 65.3 Å². The number of nitrogens with one attached hydrogen (secondary N) is 1. The molecule has 4 nitrogen and oxygen atoms in total. The first-order valence-corrected chi connectivity index (χ1v) is 6.98. The second-order valence-electron chi connectivity index (χ2n) is 4.97. The summed E-state index contributed by atoms with van der Waals surface area (Å²) in [4.78, 5) is 11.8. The van der Waals surface area contributed by atoms with Gasteiger partial charge >= 0.3 is 0 Å². The molecule has 18 heavy (non-hydrogen) atoms. The summed E-state index contributed by atoms with van der Waals surface area (Å²) in [6.45, 7) is 6.29. The Morgan fingerprint density at radius 1 is 1.33 bits per heavy atom. The summed E-state index contributed by atoms with van der Waals surface area (Å²) in [6.07, 6.45) is 8.17. The van der Waals surface area contributed by atoms with Crippen LogP contribution in [0.1, 0.15) is 65.3 Å². The molecule has 0 aromatic carbocycles. The van der Waals surface area contributed by atoms with Crippen LogP contribution in [-0.2, 0) is 4.79 Å². The van der Waals surface area contributed by atoms with Gasteiger partial charge in [-0.15, -0.1) is 0 Å². The van der Waals surface area contributed by atoms with E-state index in [1.807, 2.05) is 24.6 Å². The predicted octanol–water partition coefficient (Wildman–Crippen LogP) is 3.76. The van der Waals surface area contributed by atoms with E-state index in [1.165, 1.54) is 19.3 Å². The first-order chi connectivity index (χ1) is 8.65. The molecule has 1 rings (SSSR count). The minimum absolute atomic E-state index is 0.0916. The number of nitrogens with zero attached hydrogens (tertiary/aromatic N) is 2. The molecular weight excluding hydrogens is 226 g/mol. The molecule has 0 fully saturated rings. The van der Waals surface area contributed by atoms with E-state index in [1.54, 1.807) is 6.20 Å². The quantitative estimate of drug-likeness (QED) is 0.715. The molecule has 0 aliphatic rings. The number of unbranched alkanes of at least 4 members (excludes halogenated alkanes) is 4. The van der Waals surface area contributed by atoms with E-state index in [0.717, 1.165) is 18.7 Å². The fourth-order valence-corrected chi connectivity index (χ4v) is 1.92. The summed E-state index contributed by atoms with van der Waals surface area (Å²) < 4.78 is 1.83. The summed E-state index contributed by atoms with van der Waals surface area (Å²) >= 11 is 0. The highest BCUT2D eigenvalue weighted by molar-refractivity contribution is 5.89. The number of rotatable bonds is 8. The minimum Gasteiger partial charge on any atom is -0.311 e. The molecule has 0 aliphatic carbocycles. The van der Waals surface area contributed by atoms with Gasteiger partial charge in [-0.2, -0.15) is 5.10 Å². The van der Waals surface area contributed by atoms with Gasteiger partial charge in [0.05, 0.1) is 6.20 Å². The lowest BCUT2D eigenvalue weighted by Crippen LogP contribution is -2.16. The van der Waals surface area contributed by atoms with Gasteiger partial charge in [0.15, 0.2) is 0 Å². The van der Waals surface area contributed by atoms with E-state index in [4.69, 9.17) is 0 Å². The molecule has 0 aliphatic heterocycles. The predicted molar refractivity (Wildman–Crippen MR) is 74.6 cm³/mol. The molecule has 1 amide bonds. The Hall–Kier alpha value is -1.32. The number of aromatic nitrogens is 2. The van der Waals surface area contributed by atoms with Crippen molar-refractivity contribution >= 4 is 11.7 Å². The Morgan fingerprint density at radius 3 is 2.72 bits per heavy atom. The largest absolute Gasteiger partial charge is 0.311 e. The Morgan fingerprint density at radius 2 is 2.06 bits per heavy atom. The molecule has 1 N–H and O–H groups in total. The third kappa shape index (κ3) is 4.90. The summed E-state index contributed by atoms with van der Waals surface area (Å²) in [7, 11) is 0. The van der Waals surface area contributed by atoms with Crippen LogP contribution < -0.4 is 5.32 Å². The summed E-state index contributed by atoms with van der Waals surface area (Å²) in [5.41, 5.74) is 0. The zero-order valence-corrected chi connectivity index (χ0v) is 11.8. The highest BCUT2D eigenvalue weighted by Crippen LogP contribution is 2.14. The van der Waals surface area contributed by atoms with Crippen molar-refractivity contribution in [3.05, 3.63) is 12.3 Å². The number of hydrogen-bond acceptors (Lipinski definition) is 2. The Balaban J connectivity index is 2.29. The maximum absolute atomic E-state index is 11.8. The van der Waals surface area contributed by atoms with Gasteiger partial charge in [-0.3, -0.25) is 4.79 Å². The Labute approximate surface area is 110 Å².